The summed E-state index contributed by atoms with van der Waals surface area (Å²) in [4.78, 5) is 0. The summed E-state index contributed by atoms with van der Waals surface area (Å²) in [5.41, 5.74) is 0. The quantitative estimate of drug-likeness (QED) is 0.757. The van der Waals surface area contributed by atoms with Crippen LogP contribution in [0.1, 0.15) is 18.6 Å². The van der Waals surface area contributed by atoms with Gasteiger partial charge in [0.15, 0.2) is 0 Å². The van der Waals surface area contributed by atoms with E-state index >= 15 is 0 Å². The normalized spacial score (nSPS) is 22.1. The highest BCUT2D eigenvalue weighted by Crippen LogP contribution is 2.15. The van der Waals surface area contributed by atoms with Gasteiger partial charge >= 0.3 is 0 Å². The topological polar surface area (TPSA) is 47.3 Å². The molecule has 1 unspecified atom stereocenters. The molecule has 1 N–H and O–H groups in total. The second-order valence-electron chi connectivity index (χ2n) is 3.33. The van der Waals surface area contributed by atoms with E-state index in [1.807, 2.05) is 6.07 Å². The Bertz CT molecular complexity index is 266. The molecule has 0 bridgehead atoms. The molecular formula is C9H14N2O2. The van der Waals surface area contributed by atoms with Gasteiger partial charge in [-0.05, 0) is 24.5 Å². The third kappa shape index (κ3) is 2.01. The van der Waals surface area contributed by atoms with Crippen LogP contribution in [0.3, 0.4) is 0 Å². The summed E-state index contributed by atoms with van der Waals surface area (Å²) in [7, 11) is 1.59. The van der Waals surface area contributed by atoms with E-state index in [1.54, 1.807) is 7.11 Å². The summed E-state index contributed by atoms with van der Waals surface area (Å²) in [5, 5.41) is 7.16. The van der Waals surface area contributed by atoms with E-state index in [4.69, 9.17) is 9.26 Å². The lowest BCUT2D eigenvalue weighted by molar-refractivity contribution is 0.322. The van der Waals surface area contributed by atoms with Crippen LogP contribution in [-0.2, 0) is 6.42 Å². The Balaban J connectivity index is 1.92. The zero-order valence-corrected chi connectivity index (χ0v) is 7.75. The maximum absolute atomic E-state index is 5.10. The van der Waals surface area contributed by atoms with E-state index < -0.39 is 0 Å². The number of methoxy groups -OCH3 is 1. The number of rotatable bonds is 3. The SMILES string of the molecule is COc1cc(CC2CCCN2)on1. The molecule has 0 aromatic carbocycles. The molecule has 2 rings (SSSR count). The molecule has 0 aliphatic carbocycles. The van der Waals surface area contributed by atoms with Crippen molar-refractivity contribution in [3.8, 4) is 5.88 Å². The smallest absolute Gasteiger partial charge is 0.254 e. The number of nitrogens with one attached hydrogen (secondary N) is 1. The Hall–Kier alpha value is -1.03. The first-order valence-corrected chi connectivity index (χ1v) is 4.61. The monoisotopic (exact) mass is 182 g/mol. The predicted molar refractivity (Wildman–Crippen MR) is 47.8 cm³/mol. The molecule has 2 heterocycles. The van der Waals surface area contributed by atoms with Gasteiger partial charge in [0.2, 0.25) is 0 Å². The first kappa shape index (κ1) is 8.56. The van der Waals surface area contributed by atoms with E-state index in [0.717, 1.165) is 18.7 Å². The highest BCUT2D eigenvalue weighted by molar-refractivity contribution is 5.11. The number of aromatic nitrogens is 1. The van der Waals surface area contributed by atoms with Crippen molar-refractivity contribution in [2.24, 2.45) is 0 Å². The van der Waals surface area contributed by atoms with Gasteiger partial charge in [0.05, 0.1) is 7.11 Å². The lowest BCUT2D eigenvalue weighted by Crippen LogP contribution is -2.23. The molecule has 72 valence electrons. The van der Waals surface area contributed by atoms with E-state index in [-0.39, 0.29) is 0 Å². The Morgan fingerprint density at radius 3 is 3.31 bits per heavy atom. The van der Waals surface area contributed by atoms with Gasteiger partial charge in [-0.3, -0.25) is 0 Å². The fourth-order valence-corrected chi connectivity index (χ4v) is 1.66. The second-order valence-corrected chi connectivity index (χ2v) is 3.33. The molecule has 13 heavy (non-hydrogen) atoms. The Labute approximate surface area is 77.2 Å². The average Bonchev–Trinajstić information content (AvgIpc) is 2.76. The molecular weight excluding hydrogens is 168 g/mol. The number of nitrogens with zero attached hydrogens (tertiary/aromatic N) is 1. The summed E-state index contributed by atoms with van der Waals surface area (Å²) >= 11 is 0. The fraction of sp³-hybridized carbons (Fsp3) is 0.667. The number of hydrogen-bond acceptors (Lipinski definition) is 4. The van der Waals surface area contributed by atoms with Gasteiger partial charge < -0.3 is 14.6 Å². The zero-order valence-electron chi connectivity index (χ0n) is 7.75. The van der Waals surface area contributed by atoms with Crippen LogP contribution in [-0.4, -0.2) is 24.9 Å². The predicted octanol–water partition coefficient (Wildman–Crippen LogP) is 0.978. The van der Waals surface area contributed by atoms with Gasteiger partial charge in [0.25, 0.3) is 5.88 Å². The van der Waals surface area contributed by atoms with Gasteiger partial charge in [-0.15, -0.1) is 0 Å². The molecule has 1 aromatic rings. The molecule has 1 aromatic heterocycles. The van der Waals surface area contributed by atoms with Crippen LogP contribution in [0.15, 0.2) is 10.6 Å². The van der Waals surface area contributed by atoms with Gasteiger partial charge in [0.1, 0.15) is 5.76 Å². The Morgan fingerprint density at radius 1 is 1.77 bits per heavy atom. The standard InChI is InChI=1S/C9H14N2O2/c1-12-9-6-8(13-11-9)5-7-3-2-4-10-7/h6-7,10H,2-5H2,1H3. The summed E-state index contributed by atoms with van der Waals surface area (Å²) < 4.78 is 10.0. The largest absolute Gasteiger partial charge is 0.479 e. The van der Waals surface area contributed by atoms with E-state index in [1.165, 1.54) is 12.8 Å². The molecule has 4 heteroatoms. The van der Waals surface area contributed by atoms with E-state index in [0.29, 0.717) is 11.9 Å². The molecule has 1 aliphatic rings. The zero-order chi connectivity index (χ0) is 9.10. The van der Waals surface area contributed by atoms with Crippen LogP contribution in [0.4, 0.5) is 0 Å². The van der Waals surface area contributed by atoms with Crippen LogP contribution < -0.4 is 10.1 Å². The van der Waals surface area contributed by atoms with Gasteiger partial charge in [0, 0.05) is 18.5 Å². The average molecular weight is 182 g/mol. The van der Waals surface area contributed by atoms with Crippen molar-refractivity contribution >= 4 is 0 Å². The highest BCUT2D eigenvalue weighted by atomic mass is 16.5. The first-order valence-electron chi connectivity index (χ1n) is 4.61. The second kappa shape index (κ2) is 3.79. The van der Waals surface area contributed by atoms with Crippen molar-refractivity contribution in [1.82, 2.24) is 10.5 Å². The van der Waals surface area contributed by atoms with Crippen molar-refractivity contribution in [2.45, 2.75) is 25.3 Å². The maximum Gasteiger partial charge on any atom is 0.254 e. The first-order chi connectivity index (χ1) is 6.38. The minimum absolute atomic E-state index is 0.553. The summed E-state index contributed by atoms with van der Waals surface area (Å²) in [6, 6.07) is 2.40. The van der Waals surface area contributed by atoms with Crippen LogP contribution in [0.2, 0.25) is 0 Å². The van der Waals surface area contributed by atoms with Crippen LogP contribution in [0.25, 0.3) is 0 Å². The molecule has 0 radical (unpaired) electrons. The molecule has 1 aliphatic heterocycles. The van der Waals surface area contributed by atoms with Gasteiger partial charge in [-0.2, -0.15) is 0 Å². The van der Waals surface area contributed by atoms with Crippen LogP contribution in [0, 0.1) is 0 Å². The molecule has 1 atom stereocenters. The van der Waals surface area contributed by atoms with Gasteiger partial charge in [-0.1, -0.05) is 0 Å². The van der Waals surface area contributed by atoms with E-state index in [9.17, 15) is 0 Å². The molecule has 0 saturated carbocycles. The maximum atomic E-state index is 5.10. The minimum atomic E-state index is 0.553. The summed E-state index contributed by atoms with van der Waals surface area (Å²) in [6.45, 7) is 1.12. The summed E-state index contributed by atoms with van der Waals surface area (Å²) in [6.07, 6.45) is 3.40. The van der Waals surface area contributed by atoms with Crippen molar-refractivity contribution in [3.63, 3.8) is 0 Å². The minimum Gasteiger partial charge on any atom is -0.479 e. The van der Waals surface area contributed by atoms with Crippen LogP contribution in [0.5, 0.6) is 5.88 Å². The third-order valence-corrected chi connectivity index (χ3v) is 2.36. The molecule has 0 amide bonds. The lowest BCUT2D eigenvalue weighted by Gasteiger charge is -2.05. The molecule has 1 fully saturated rings. The Morgan fingerprint density at radius 2 is 2.69 bits per heavy atom. The third-order valence-electron chi connectivity index (χ3n) is 2.36. The Kier molecular flexibility index (Phi) is 2.49. The highest BCUT2D eigenvalue weighted by Gasteiger charge is 2.16. The van der Waals surface area contributed by atoms with Crippen molar-refractivity contribution in [3.05, 3.63) is 11.8 Å². The number of ether oxygens (including phenoxy) is 1. The fourth-order valence-electron chi connectivity index (χ4n) is 1.66. The lowest BCUT2D eigenvalue weighted by atomic mass is 10.1. The summed E-state index contributed by atoms with van der Waals surface area (Å²) in [5.74, 6) is 1.46. The van der Waals surface area contributed by atoms with Gasteiger partial charge in [-0.25, -0.2) is 0 Å². The number of hydrogen-bond donors (Lipinski definition) is 1. The van der Waals surface area contributed by atoms with Crippen molar-refractivity contribution in [2.75, 3.05) is 13.7 Å². The van der Waals surface area contributed by atoms with E-state index in [2.05, 4.69) is 10.5 Å². The van der Waals surface area contributed by atoms with Crippen LogP contribution >= 0.6 is 0 Å². The van der Waals surface area contributed by atoms with Crippen molar-refractivity contribution in [1.29, 1.82) is 0 Å². The van der Waals surface area contributed by atoms with Crippen molar-refractivity contribution < 1.29 is 9.26 Å². The molecule has 4 nitrogen and oxygen atoms in total. The molecule has 1 saturated heterocycles. The molecule has 0 spiro atoms.